The molecule has 0 aromatic heterocycles. The predicted octanol–water partition coefficient (Wildman–Crippen LogP) is 2.59. The Labute approximate surface area is 102 Å². The van der Waals surface area contributed by atoms with Crippen molar-refractivity contribution in [3.63, 3.8) is 0 Å². The van der Waals surface area contributed by atoms with Crippen LogP contribution >= 0.6 is 15.9 Å². The molecule has 80 valence electrons. The highest BCUT2D eigenvalue weighted by atomic mass is 79.9. The van der Waals surface area contributed by atoms with Gasteiger partial charge in [-0.05, 0) is 18.6 Å². The highest BCUT2D eigenvalue weighted by Gasteiger charge is 2.17. The summed E-state index contributed by atoms with van der Waals surface area (Å²) >= 11 is 3.19. The lowest BCUT2D eigenvalue weighted by molar-refractivity contribution is 0.0995. The Morgan fingerprint density at radius 3 is 2.69 bits per heavy atom. The SMILES string of the molecule is CC(Br)C(=O)c1cccc(C#N)c1CC#N. The maximum atomic E-state index is 11.8. The van der Waals surface area contributed by atoms with Gasteiger partial charge in [0.2, 0.25) is 0 Å². The third kappa shape index (κ3) is 2.48. The van der Waals surface area contributed by atoms with Crippen molar-refractivity contribution in [1.29, 1.82) is 10.5 Å². The minimum absolute atomic E-state index is 0.0739. The zero-order valence-electron chi connectivity index (χ0n) is 8.70. The Balaban J connectivity index is 3.35. The molecule has 0 amide bonds. The van der Waals surface area contributed by atoms with E-state index in [1.54, 1.807) is 25.1 Å². The van der Waals surface area contributed by atoms with E-state index in [1.807, 2.05) is 12.1 Å². The van der Waals surface area contributed by atoms with Crippen LogP contribution in [0.2, 0.25) is 0 Å². The van der Waals surface area contributed by atoms with Crippen molar-refractivity contribution in [3.05, 3.63) is 34.9 Å². The van der Waals surface area contributed by atoms with Crippen LogP contribution in [0.15, 0.2) is 18.2 Å². The summed E-state index contributed by atoms with van der Waals surface area (Å²) in [4.78, 5) is 11.5. The number of ketones is 1. The van der Waals surface area contributed by atoms with Crippen LogP contribution in [0.3, 0.4) is 0 Å². The maximum absolute atomic E-state index is 11.8. The van der Waals surface area contributed by atoms with E-state index in [2.05, 4.69) is 15.9 Å². The Kier molecular flexibility index (Phi) is 4.22. The van der Waals surface area contributed by atoms with Crippen LogP contribution in [0, 0.1) is 22.7 Å². The Hall–Kier alpha value is -1.65. The number of hydrogen-bond acceptors (Lipinski definition) is 3. The summed E-state index contributed by atoms with van der Waals surface area (Å²) in [5.41, 5.74) is 1.36. The topological polar surface area (TPSA) is 64.7 Å². The molecule has 3 nitrogen and oxygen atoms in total. The van der Waals surface area contributed by atoms with Gasteiger partial charge in [0.15, 0.2) is 5.78 Å². The van der Waals surface area contributed by atoms with E-state index in [4.69, 9.17) is 10.5 Å². The Bertz CT molecular complexity index is 495. The maximum Gasteiger partial charge on any atom is 0.176 e. The van der Waals surface area contributed by atoms with Gasteiger partial charge in [0, 0.05) is 5.56 Å². The molecule has 4 heteroatoms. The second kappa shape index (κ2) is 5.44. The highest BCUT2D eigenvalue weighted by Crippen LogP contribution is 2.19. The summed E-state index contributed by atoms with van der Waals surface area (Å²) < 4.78 is 0. The van der Waals surface area contributed by atoms with Crippen molar-refractivity contribution in [1.82, 2.24) is 0 Å². The normalized spacial score (nSPS) is 11.2. The number of rotatable bonds is 3. The van der Waals surface area contributed by atoms with Crippen molar-refractivity contribution < 1.29 is 4.79 Å². The molecule has 1 aromatic carbocycles. The molecule has 0 bridgehead atoms. The van der Waals surface area contributed by atoms with Crippen LogP contribution in [0.5, 0.6) is 0 Å². The molecule has 0 spiro atoms. The van der Waals surface area contributed by atoms with E-state index in [1.165, 1.54) is 0 Å². The number of Topliss-reactive ketones (excluding diaryl/α,β-unsaturated/α-hetero) is 1. The third-order valence-corrected chi connectivity index (χ3v) is 2.59. The van der Waals surface area contributed by atoms with E-state index in [-0.39, 0.29) is 17.0 Å². The largest absolute Gasteiger partial charge is 0.293 e. The number of halogens is 1. The molecule has 0 aliphatic heterocycles. The van der Waals surface area contributed by atoms with Gasteiger partial charge in [-0.3, -0.25) is 4.79 Å². The number of carbonyl (C=O) groups excluding carboxylic acids is 1. The monoisotopic (exact) mass is 276 g/mol. The second-order valence-corrected chi connectivity index (χ2v) is 4.63. The smallest absolute Gasteiger partial charge is 0.176 e. The third-order valence-electron chi connectivity index (χ3n) is 2.18. The first-order valence-electron chi connectivity index (χ1n) is 4.69. The minimum atomic E-state index is -0.320. The van der Waals surface area contributed by atoms with Gasteiger partial charge in [0.1, 0.15) is 0 Å². The lowest BCUT2D eigenvalue weighted by atomic mass is 9.95. The molecule has 0 aliphatic rings. The number of carbonyl (C=O) groups is 1. The van der Waals surface area contributed by atoms with Crippen LogP contribution in [0.25, 0.3) is 0 Å². The molecule has 0 saturated heterocycles. The van der Waals surface area contributed by atoms with Crippen molar-refractivity contribution in [3.8, 4) is 12.1 Å². The van der Waals surface area contributed by atoms with Crippen molar-refractivity contribution in [2.45, 2.75) is 18.2 Å². The highest BCUT2D eigenvalue weighted by molar-refractivity contribution is 9.10. The van der Waals surface area contributed by atoms with Gasteiger partial charge in [0.05, 0.1) is 28.9 Å². The van der Waals surface area contributed by atoms with Gasteiger partial charge in [-0.2, -0.15) is 10.5 Å². The second-order valence-electron chi connectivity index (χ2n) is 3.26. The lowest BCUT2D eigenvalue weighted by Crippen LogP contribution is -2.13. The van der Waals surface area contributed by atoms with Gasteiger partial charge >= 0.3 is 0 Å². The lowest BCUT2D eigenvalue weighted by Gasteiger charge is -2.08. The summed E-state index contributed by atoms with van der Waals surface area (Å²) in [5, 5.41) is 17.6. The molecule has 0 fully saturated rings. The predicted molar refractivity (Wildman–Crippen MR) is 63.2 cm³/mol. The zero-order valence-corrected chi connectivity index (χ0v) is 10.3. The molecule has 1 rings (SSSR count). The fourth-order valence-electron chi connectivity index (χ4n) is 1.41. The number of alkyl halides is 1. The van der Waals surface area contributed by atoms with Gasteiger partial charge in [-0.25, -0.2) is 0 Å². The molecule has 0 saturated carbocycles. The fourth-order valence-corrected chi connectivity index (χ4v) is 1.65. The molecule has 1 atom stereocenters. The van der Waals surface area contributed by atoms with E-state index in [9.17, 15) is 4.79 Å². The molecule has 0 radical (unpaired) electrons. The van der Waals surface area contributed by atoms with E-state index >= 15 is 0 Å². The molecular formula is C12H9BrN2O. The molecule has 1 aromatic rings. The number of nitriles is 2. The molecule has 1 unspecified atom stereocenters. The standard InChI is InChI=1S/C12H9BrN2O/c1-8(13)12(16)11-4-2-3-9(7-15)10(11)5-6-14/h2-4,8H,5H2,1H3. The molecule has 0 aliphatic carbocycles. The van der Waals surface area contributed by atoms with Crippen LogP contribution in [-0.2, 0) is 6.42 Å². The average molecular weight is 277 g/mol. The van der Waals surface area contributed by atoms with Gasteiger partial charge < -0.3 is 0 Å². The molecular weight excluding hydrogens is 268 g/mol. The summed E-state index contributed by atoms with van der Waals surface area (Å²) in [6.07, 6.45) is 0.0739. The summed E-state index contributed by atoms with van der Waals surface area (Å²) in [5.74, 6) is -0.109. The van der Waals surface area contributed by atoms with Gasteiger partial charge in [-0.1, -0.05) is 28.1 Å². The number of benzene rings is 1. The van der Waals surface area contributed by atoms with Crippen molar-refractivity contribution in [2.75, 3.05) is 0 Å². The number of hydrogen-bond donors (Lipinski definition) is 0. The summed E-state index contributed by atoms with van der Waals surface area (Å²) in [6.45, 7) is 1.72. The average Bonchev–Trinajstić information content (AvgIpc) is 2.28. The number of nitrogens with zero attached hydrogens (tertiary/aromatic N) is 2. The Morgan fingerprint density at radius 2 is 2.19 bits per heavy atom. The van der Waals surface area contributed by atoms with Crippen LogP contribution in [0.1, 0.15) is 28.4 Å². The van der Waals surface area contributed by atoms with E-state index in [0.717, 1.165) is 0 Å². The van der Waals surface area contributed by atoms with E-state index < -0.39 is 0 Å². The van der Waals surface area contributed by atoms with Gasteiger partial charge in [-0.15, -0.1) is 0 Å². The molecule has 0 N–H and O–H groups in total. The first-order valence-corrected chi connectivity index (χ1v) is 5.60. The first-order chi connectivity index (χ1) is 7.61. The zero-order chi connectivity index (χ0) is 12.1. The van der Waals surface area contributed by atoms with Crippen molar-refractivity contribution >= 4 is 21.7 Å². The van der Waals surface area contributed by atoms with Gasteiger partial charge in [0.25, 0.3) is 0 Å². The quantitative estimate of drug-likeness (QED) is 0.630. The minimum Gasteiger partial charge on any atom is -0.293 e. The van der Waals surface area contributed by atoms with Crippen LogP contribution in [0.4, 0.5) is 0 Å². The molecule has 16 heavy (non-hydrogen) atoms. The van der Waals surface area contributed by atoms with E-state index in [0.29, 0.717) is 16.7 Å². The Morgan fingerprint density at radius 1 is 1.50 bits per heavy atom. The first kappa shape index (κ1) is 12.4. The van der Waals surface area contributed by atoms with Crippen LogP contribution in [-0.4, -0.2) is 10.6 Å². The molecule has 0 heterocycles. The summed E-state index contributed by atoms with van der Waals surface area (Å²) in [7, 11) is 0. The van der Waals surface area contributed by atoms with Crippen LogP contribution < -0.4 is 0 Å². The fraction of sp³-hybridized carbons (Fsp3) is 0.250. The van der Waals surface area contributed by atoms with Crippen molar-refractivity contribution in [2.24, 2.45) is 0 Å². The summed E-state index contributed by atoms with van der Waals surface area (Å²) in [6, 6.07) is 8.88.